The minimum absolute atomic E-state index is 0.922. The maximum atomic E-state index is 2.54. The predicted molar refractivity (Wildman–Crippen MR) is 63.7 cm³/mol. The Hall–Kier alpha value is -0.560. The van der Waals surface area contributed by atoms with Gasteiger partial charge in [-0.15, -0.1) is 0 Å². The molecule has 0 N–H and O–H groups in total. The summed E-state index contributed by atoms with van der Waals surface area (Å²) in [6.07, 6.45) is 12.9. The van der Waals surface area contributed by atoms with E-state index >= 15 is 0 Å². The molecular weight excluding hydrogens is 182 g/mol. The summed E-state index contributed by atoms with van der Waals surface area (Å²) in [4.78, 5) is 2.46. The Labute approximate surface area is 92.8 Å². The van der Waals surface area contributed by atoms with Gasteiger partial charge in [0.25, 0.3) is 0 Å². The van der Waals surface area contributed by atoms with Gasteiger partial charge < -0.3 is 4.90 Å². The van der Waals surface area contributed by atoms with Crippen LogP contribution in [0.25, 0.3) is 0 Å². The fourth-order valence-electron chi connectivity index (χ4n) is 2.96. The van der Waals surface area contributed by atoms with E-state index in [0.717, 1.165) is 17.8 Å². The van der Waals surface area contributed by atoms with Gasteiger partial charge in [0.15, 0.2) is 0 Å². The lowest BCUT2D eigenvalue weighted by atomic mass is 9.88. The highest BCUT2D eigenvalue weighted by Crippen LogP contribution is 2.45. The molecule has 1 aliphatic heterocycles. The lowest BCUT2D eigenvalue weighted by Crippen LogP contribution is -2.30. The van der Waals surface area contributed by atoms with Crippen molar-refractivity contribution in [1.82, 2.24) is 4.90 Å². The number of hydrogen-bond donors (Lipinski definition) is 0. The van der Waals surface area contributed by atoms with Crippen LogP contribution in [0.4, 0.5) is 0 Å². The second-order valence-electron chi connectivity index (χ2n) is 5.61. The quantitative estimate of drug-likeness (QED) is 0.667. The zero-order valence-electron chi connectivity index (χ0n) is 9.65. The van der Waals surface area contributed by atoms with Crippen molar-refractivity contribution < 1.29 is 0 Å². The number of piperidine rings is 1. The molecule has 0 amide bonds. The second kappa shape index (κ2) is 3.79. The number of rotatable bonds is 2. The highest BCUT2D eigenvalue weighted by Gasteiger charge is 2.35. The molecule has 1 saturated heterocycles. The Kier molecular flexibility index (Phi) is 2.44. The van der Waals surface area contributed by atoms with E-state index in [1.54, 1.807) is 5.57 Å². The van der Waals surface area contributed by atoms with Crippen LogP contribution in [0.15, 0.2) is 23.8 Å². The maximum absolute atomic E-state index is 2.54. The van der Waals surface area contributed by atoms with Gasteiger partial charge in [-0.3, -0.25) is 0 Å². The third kappa shape index (κ3) is 2.17. The van der Waals surface area contributed by atoms with Crippen molar-refractivity contribution in [2.24, 2.45) is 17.8 Å². The summed E-state index contributed by atoms with van der Waals surface area (Å²) in [5, 5.41) is 0. The monoisotopic (exact) mass is 203 g/mol. The molecule has 2 atom stereocenters. The summed E-state index contributed by atoms with van der Waals surface area (Å²) in [7, 11) is 2.24. The highest BCUT2D eigenvalue weighted by molar-refractivity contribution is 5.30. The summed E-state index contributed by atoms with van der Waals surface area (Å²) >= 11 is 0. The van der Waals surface area contributed by atoms with Crippen LogP contribution >= 0.6 is 0 Å². The average Bonchev–Trinajstić information content (AvgIpc) is 3.00. The van der Waals surface area contributed by atoms with E-state index < -0.39 is 0 Å². The first-order valence-electron chi connectivity index (χ1n) is 6.39. The van der Waals surface area contributed by atoms with Crippen molar-refractivity contribution in [3.63, 3.8) is 0 Å². The molecule has 2 aliphatic carbocycles. The van der Waals surface area contributed by atoms with Crippen LogP contribution in [0.3, 0.4) is 0 Å². The van der Waals surface area contributed by atoms with E-state index in [1.807, 2.05) is 0 Å². The fourth-order valence-corrected chi connectivity index (χ4v) is 2.96. The molecule has 3 aliphatic rings. The molecule has 2 unspecified atom stereocenters. The largest absolute Gasteiger partial charge is 0.306 e. The predicted octanol–water partition coefficient (Wildman–Crippen LogP) is 2.85. The number of hydrogen-bond acceptors (Lipinski definition) is 1. The molecule has 82 valence electrons. The standard InChI is InChI=1S/C14H21N/c1-15-6-4-11(5-7-15)8-12-2-3-13-10-14(13)9-12/h2-3,9,11,13-14H,4-8,10H2,1H3. The van der Waals surface area contributed by atoms with Crippen molar-refractivity contribution in [2.75, 3.05) is 20.1 Å². The van der Waals surface area contributed by atoms with E-state index in [0.29, 0.717) is 0 Å². The smallest absolute Gasteiger partial charge is 0.00190 e. The molecule has 0 spiro atoms. The molecule has 0 aromatic carbocycles. The van der Waals surface area contributed by atoms with Crippen LogP contribution in [0.1, 0.15) is 25.7 Å². The van der Waals surface area contributed by atoms with Crippen molar-refractivity contribution in [1.29, 1.82) is 0 Å². The summed E-state index contributed by atoms with van der Waals surface area (Å²) in [5.74, 6) is 2.80. The summed E-state index contributed by atoms with van der Waals surface area (Å²) < 4.78 is 0. The second-order valence-corrected chi connectivity index (χ2v) is 5.61. The molecule has 0 bridgehead atoms. The Morgan fingerprint density at radius 3 is 2.80 bits per heavy atom. The highest BCUT2D eigenvalue weighted by atomic mass is 15.1. The Bertz CT molecular complexity index is 294. The summed E-state index contributed by atoms with van der Waals surface area (Å²) in [5.41, 5.74) is 1.63. The van der Waals surface area contributed by atoms with E-state index in [9.17, 15) is 0 Å². The third-order valence-corrected chi connectivity index (χ3v) is 4.24. The van der Waals surface area contributed by atoms with Gasteiger partial charge in [0.1, 0.15) is 0 Å². The van der Waals surface area contributed by atoms with Gasteiger partial charge in [-0.2, -0.15) is 0 Å². The zero-order chi connectivity index (χ0) is 10.3. The van der Waals surface area contributed by atoms with Crippen molar-refractivity contribution in [3.8, 4) is 0 Å². The molecule has 1 nitrogen and oxygen atoms in total. The lowest BCUT2D eigenvalue weighted by Gasteiger charge is -2.29. The SMILES string of the molecule is CN1CCC(CC2=CC3CC3C=C2)CC1. The molecule has 2 fully saturated rings. The van der Waals surface area contributed by atoms with Gasteiger partial charge in [-0.1, -0.05) is 23.8 Å². The Morgan fingerprint density at radius 1 is 1.27 bits per heavy atom. The first-order chi connectivity index (χ1) is 7.31. The first-order valence-corrected chi connectivity index (χ1v) is 6.39. The summed E-state index contributed by atoms with van der Waals surface area (Å²) in [6, 6.07) is 0. The van der Waals surface area contributed by atoms with Crippen LogP contribution in [0, 0.1) is 17.8 Å². The lowest BCUT2D eigenvalue weighted by molar-refractivity contribution is 0.219. The van der Waals surface area contributed by atoms with Crippen LogP contribution in [0.5, 0.6) is 0 Å². The molecular formula is C14H21N. The number of likely N-dealkylation sites (tertiary alicyclic amines) is 1. The van der Waals surface area contributed by atoms with E-state index in [2.05, 4.69) is 30.2 Å². The maximum Gasteiger partial charge on any atom is -0.00190 e. The van der Waals surface area contributed by atoms with Gasteiger partial charge in [-0.05, 0) is 63.6 Å². The fraction of sp³-hybridized carbons (Fsp3) is 0.714. The minimum Gasteiger partial charge on any atom is -0.306 e. The first kappa shape index (κ1) is 9.65. The van der Waals surface area contributed by atoms with Crippen molar-refractivity contribution >= 4 is 0 Å². The van der Waals surface area contributed by atoms with Gasteiger partial charge in [0, 0.05) is 0 Å². The normalized spacial score (nSPS) is 36.2. The van der Waals surface area contributed by atoms with Crippen molar-refractivity contribution in [3.05, 3.63) is 23.8 Å². The van der Waals surface area contributed by atoms with Crippen LogP contribution in [0.2, 0.25) is 0 Å². The Morgan fingerprint density at radius 2 is 2.07 bits per heavy atom. The topological polar surface area (TPSA) is 3.24 Å². The van der Waals surface area contributed by atoms with Gasteiger partial charge in [-0.25, -0.2) is 0 Å². The van der Waals surface area contributed by atoms with Crippen LogP contribution in [-0.4, -0.2) is 25.0 Å². The zero-order valence-corrected chi connectivity index (χ0v) is 9.65. The average molecular weight is 203 g/mol. The molecule has 1 heterocycles. The number of fused-ring (bicyclic) bond motifs is 1. The minimum atomic E-state index is 0.922. The summed E-state index contributed by atoms with van der Waals surface area (Å²) in [6.45, 7) is 2.60. The van der Waals surface area contributed by atoms with E-state index in [4.69, 9.17) is 0 Å². The molecule has 1 saturated carbocycles. The van der Waals surface area contributed by atoms with E-state index in [-0.39, 0.29) is 0 Å². The molecule has 0 aromatic heterocycles. The van der Waals surface area contributed by atoms with Crippen LogP contribution < -0.4 is 0 Å². The number of nitrogens with zero attached hydrogens (tertiary/aromatic N) is 1. The van der Waals surface area contributed by atoms with Crippen LogP contribution in [-0.2, 0) is 0 Å². The molecule has 15 heavy (non-hydrogen) atoms. The molecule has 0 radical (unpaired) electrons. The van der Waals surface area contributed by atoms with E-state index in [1.165, 1.54) is 38.8 Å². The van der Waals surface area contributed by atoms with Gasteiger partial charge >= 0.3 is 0 Å². The van der Waals surface area contributed by atoms with Gasteiger partial charge in [0.05, 0.1) is 0 Å². The third-order valence-electron chi connectivity index (χ3n) is 4.24. The molecule has 3 rings (SSSR count). The molecule has 0 aromatic rings. The Balaban J connectivity index is 1.55. The van der Waals surface area contributed by atoms with Gasteiger partial charge in [0.2, 0.25) is 0 Å². The molecule has 1 heteroatoms. The van der Waals surface area contributed by atoms with Crippen molar-refractivity contribution in [2.45, 2.75) is 25.7 Å². The number of allylic oxidation sites excluding steroid dienone is 4.